The van der Waals surface area contributed by atoms with Crippen LogP contribution < -0.4 is 10.2 Å². The molecule has 1 heterocycles. The summed E-state index contributed by atoms with van der Waals surface area (Å²) in [6.07, 6.45) is 4.19. The number of amides is 1. The molecule has 2 aromatic carbocycles. The first-order chi connectivity index (χ1) is 14.8. The smallest absolute Gasteiger partial charge is 0.338 e. The number of nitrogens with zero attached hydrogens (tertiary/aromatic N) is 2. The minimum atomic E-state index is -0.777. The number of hydrogen-bond donors (Lipinski definition) is 1. The van der Waals surface area contributed by atoms with Gasteiger partial charge in [0.15, 0.2) is 6.61 Å². The van der Waals surface area contributed by atoms with E-state index >= 15 is 0 Å². The van der Waals surface area contributed by atoms with Gasteiger partial charge in [0.05, 0.1) is 10.5 Å². The molecule has 0 aromatic heterocycles. The van der Waals surface area contributed by atoms with Gasteiger partial charge >= 0.3 is 5.97 Å². The van der Waals surface area contributed by atoms with Crippen molar-refractivity contribution in [3.63, 3.8) is 0 Å². The Morgan fingerprint density at radius 1 is 1.06 bits per heavy atom. The predicted octanol–water partition coefficient (Wildman–Crippen LogP) is 4.39. The Bertz CT molecular complexity index is 981. The number of carbonyl (C=O) groups excluding carboxylic acids is 2. The Kier molecular flexibility index (Phi) is 7.23. The normalized spacial score (nSPS) is 13.9. The SMILES string of the molecule is Cc1ccc(NC(=O)COC(=O)c2ccc(N3CCCCCC3)c([N+](=O)[O-])c2)c(C)c1. The summed E-state index contributed by atoms with van der Waals surface area (Å²) in [5.41, 5.74) is 3.05. The molecule has 0 bridgehead atoms. The van der Waals surface area contributed by atoms with Gasteiger partial charge < -0.3 is 15.0 Å². The van der Waals surface area contributed by atoms with Crippen molar-refractivity contribution >= 4 is 28.9 Å². The monoisotopic (exact) mass is 425 g/mol. The van der Waals surface area contributed by atoms with E-state index in [1.807, 2.05) is 30.9 Å². The molecule has 8 heteroatoms. The number of esters is 1. The largest absolute Gasteiger partial charge is 0.452 e. The lowest BCUT2D eigenvalue weighted by atomic mass is 10.1. The third kappa shape index (κ3) is 5.81. The van der Waals surface area contributed by atoms with Crippen LogP contribution in [-0.4, -0.2) is 36.5 Å². The summed E-state index contributed by atoms with van der Waals surface area (Å²) in [6.45, 7) is 4.86. The number of nitrogens with one attached hydrogen (secondary N) is 1. The molecular formula is C23H27N3O5. The quantitative estimate of drug-likeness (QED) is 0.418. The number of nitro benzene ring substituents is 1. The van der Waals surface area contributed by atoms with Crippen LogP contribution in [0.5, 0.6) is 0 Å². The minimum absolute atomic E-state index is 0.0459. The molecule has 8 nitrogen and oxygen atoms in total. The van der Waals surface area contributed by atoms with E-state index in [0.717, 1.165) is 49.9 Å². The topological polar surface area (TPSA) is 102 Å². The van der Waals surface area contributed by atoms with Crippen LogP contribution in [0.3, 0.4) is 0 Å². The second kappa shape index (κ2) is 10.1. The number of hydrogen-bond acceptors (Lipinski definition) is 6. The van der Waals surface area contributed by atoms with Gasteiger partial charge in [-0.3, -0.25) is 14.9 Å². The summed E-state index contributed by atoms with van der Waals surface area (Å²) in [5.74, 6) is -1.25. The second-order valence-electron chi connectivity index (χ2n) is 7.80. The van der Waals surface area contributed by atoms with Crippen molar-refractivity contribution in [3.8, 4) is 0 Å². The number of rotatable bonds is 6. The summed E-state index contributed by atoms with van der Waals surface area (Å²) in [6, 6.07) is 9.93. The maximum Gasteiger partial charge on any atom is 0.338 e. The molecule has 0 saturated carbocycles. The average molecular weight is 425 g/mol. The zero-order valence-corrected chi connectivity index (χ0v) is 17.8. The molecule has 31 heavy (non-hydrogen) atoms. The zero-order valence-electron chi connectivity index (χ0n) is 17.8. The Labute approximate surface area is 181 Å². The number of anilines is 2. The van der Waals surface area contributed by atoms with E-state index in [4.69, 9.17) is 4.74 Å². The summed E-state index contributed by atoms with van der Waals surface area (Å²) < 4.78 is 5.08. The highest BCUT2D eigenvalue weighted by molar-refractivity contribution is 5.96. The van der Waals surface area contributed by atoms with Crippen LogP contribution in [0.25, 0.3) is 0 Å². The predicted molar refractivity (Wildman–Crippen MR) is 119 cm³/mol. The number of nitro groups is 1. The molecule has 0 spiro atoms. The van der Waals surface area contributed by atoms with Crippen LogP contribution >= 0.6 is 0 Å². The third-order valence-electron chi connectivity index (χ3n) is 5.34. The summed E-state index contributed by atoms with van der Waals surface area (Å²) in [5, 5.41) is 14.3. The van der Waals surface area contributed by atoms with E-state index in [2.05, 4.69) is 5.32 Å². The maximum absolute atomic E-state index is 12.4. The molecule has 1 fully saturated rings. The molecule has 0 atom stereocenters. The van der Waals surface area contributed by atoms with Gasteiger partial charge in [-0.05, 0) is 50.5 Å². The van der Waals surface area contributed by atoms with Gasteiger partial charge in [0, 0.05) is 24.8 Å². The average Bonchev–Trinajstić information content (AvgIpc) is 3.03. The molecule has 0 radical (unpaired) electrons. The van der Waals surface area contributed by atoms with E-state index in [1.54, 1.807) is 12.1 Å². The summed E-state index contributed by atoms with van der Waals surface area (Å²) >= 11 is 0. The lowest BCUT2D eigenvalue weighted by Crippen LogP contribution is -2.25. The summed E-state index contributed by atoms with van der Waals surface area (Å²) in [4.78, 5) is 37.7. The van der Waals surface area contributed by atoms with Crippen molar-refractivity contribution in [2.24, 2.45) is 0 Å². The standard InChI is InChI=1S/C23H27N3O5/c1-16-7-9-19(17(2)13-16)24-22(27)15-31-23(28)18-8-10-20(21(14-18)26(29)30)25-11-5-3-4-6-12-25/h7-10,13-14H,3-6,11-12,15H2,1-2H3,(H,24,27). The highest BCUT2D eigenvalue weighted by Crippen LogP contribution is 2.31. The van der Waals surface area contributed by atoms with Crippen molar-refractivity contribution in [2.75, 3.05) is 29.9 Å². The fraction of sp³-hybridized carbons (Fsp3) is 0.391. The maximum atomic E-state index is 12.4. The van der Waals surface area contributed by atoms with Crippen molar-refractivity contribution in [3.05, 3.63) is 63.2 Å². The number of benzene rings is 2. The van der Waals surface area contributed by atoms with Gasteiger partial charge in [-0.25, -0.2) is 4.79 Å². The minimum Gasteiger partial charge on any atom is -0.452 e. The van der Waals surface area contributed by atoms with Gasteiger partial charge in [0.2, 0.25) is 0 Å². The van der Waals surface area contributed by atoms with Crippen LogP contribution in [0.1, 0.15) is 47.2 Å². The first kappa shape index (κ1) is 22.3. The van der Waals surface area contributed by atoms with E-state index in [1.165, 1.54) is 12.1 Å². The molecule has 1 aliphatic rings. The molecule has 1 N–H and O–H groups in total. The highest BCUT2D eigenvalue weighted by atomic mass is 16.6. The molecular weight excluding hydrogens is 398 g/mol. The number of aryl methyl sites for hydroxylation is 2. The molecule has 1 aliphatic heterocycles. The first-order valence-electron chi connectivity index (χ1n) is 10.4. The second-order valence-corrected chi connectivity index (χ2v) is 7.80. The Hall–Kier alpha value is -3.42. The lowest BCUT2D eigenvalue weighted by molar-refractivity contribution is -0.384. The van der Waals surface area contributed by atoms with Gasteiger partial charge in [-0.2, -0.15) is 0 Å². The lowest BCUT2D eigenvalue weighted by Gasteiger charge is -2.22. The molecule has 164 valence electrons. The molecule has 3 rings (SSSR count). The van der Waals surface area contributed by atoms with Crippen LogP contribution in [0, 0.1) is 24.0 Å². The van der Waals surface area contributed by atoms with E-state index in [0.29, 0.717) is 11.4 Å². The molecule has 2 aromatic rings. The molecule has 0 unspecified atom stereocenters. The van der Waals surface area contributed by atoms with Crippen LogP contribution in [0.2, 0.25) is 0 Å². The Balaban J connectivity index is 1.66. The van der Waals surface area contributed by atoms with Crippen LogP contribution in [0.15, 0.2) is 36.4 Å². The van der Waals surface area contributed by atoms with Gasteiger partial charge in [-0.15, -0.1) is 0 Å². The Morgan fingerprint density at radius 3 is 2.42 bits per heavy atom. The number of carbonyl (C=O) groups is 2. The van der Waals surface area contributed by atoms with E-state index in [-0.39, 0.29) is 11.3 Å². The number of ether oxygens (including phenoxy) is 1. The van der Waals surface area contributed by atoms with Crippen LogP contribution in [0.4, 0.5) is 17.1 Å². The molecule has 0 aliphatic carbocycles. The fourth-order valence-corrected chi connectivity index (χ4v) is 3.73. The van der Waals surface area contributed by atoms with Gasteiger partial charge in [0.25, 0.3) is 11.6 Å². The first-order valence-corrected chi connectivity index (χ1v) is 10.4. The molecule has 1 saturated heterocycles. The van der Waals surface area contributed by atoms with Gasteiger partial charge in [-0.1, -0.05) is 30.5 Å². The van der Waals surface area contributed by atoms with E-state index in [9.17, 15) is 19.7 Å². The van der Waals surface area contributed by atoms with Crippen molar-refractivity contribution < 1.29 is 19.2 Å². The highest BCUT2D eigenvalue weighted by Gasteiger charge is 2.23. The van der Waals surface area contributed by atoms with Crippen molar-refractivity contribution in [1.29, 1.82) is 0 Å². The van der Waals surface area contributed by atoms with Crippen LogP contribution in [-0.2, 0) is 9.53 Å². The Morgan fingerprint density at radius 2 is 1.77 bits per heavy atom. The van der Waals surface area contributed by atoms with Crippen molar-refractivity contribution in [2.45, 2.75) is 39.5 Å². The zero-order chi connectivity index (χ0) is 22.4. The summed E-state index contributed by atoms with van der Waals surface area (Å²) in [7, 11) is 0. The fourth-order valence-electron chi connectivity index (χ4n) is 3.73. The van der Waals surface area contributed by atoms with Gasteiger partial charge in [0.1, 0.15) is 5.69 Å². The third-order valence-corrected chi connectivity index (χ3v) is 5.34. The molecule has 1 amide bonds. The van der Waals surface area contributed by atoms with Crippen molar-refractivity contribution in [1.82, 2.24) is 0 Å². The van der Waals surface area contributed by atoms with E-state index < -0.39 is 23.4 Å².